The monoisotopic (exact) mass is 221 g/mol. The number of carbonyl (C=O) groups excluding carboxylic acids is 1. The second-order valence-electron chi connectivity index (χ2n) is 2.87. The summed E-state index contributed by atoms with van der Waals surface area (Å²) in [5, 5.41) is 9.93. The summed E-state index contributed by atoms with van der Waals surface area (Å²) in [7, 11) is 1.51. The van der Waals surface area contributed by atoms with Crippen LogP contribution in [0, 0.1) is 11.5 Å². The number of alkyl carbamates (subject to hydrolysis) is 1. The van der Waals surface area contributed by atoms with Gasteiger partial charge in [-0.05, 0) is 19.1 Å². The van der Waals surface area contributed by atoms with Gasteiger partial charge in [0.2, 0.25) is 0 Å². The number of nitrogens with one attached hydrogen (secondary N) is 2. The number of carbonyl (C=O) groups is 1. The minimum Gasteiger partial charge on any atom is -0.496 e. The average Bonchev–Trinajstić information content (AvgIpc) is 2.29. The van der Waals surface area contributed by atoms with Gasteiger partial charge in [-0.15, -0.1) is 0 Å². The van der Waals surface area contributed by atoms with Crippen LogP contribution in [0.3, 0.4) is 0 Å². The summed E-state index contributed by atoms with van der Waals surface area (Å²) in [6, 6.07) is 7.71. The lowest BCUT2D eigenvalue weighted by Gasteiger charge is -2.07. The smallest absolute Gasteiger partial charge is 0.412 e. The SMILES string of the molecule is CCOC(=O)NC(=N)c1cc[c]c(OC)c1. The number of hydrogen-bond acceptors (Lipinski definition) is 4. The minimum atomic E-state index is -0.640. The quantitative estimate of drug-likeness (QED) is 0.601. The van der Waals surface area contributed by atoms with Crippen LogP contribution in [-0.4, -0.2) is 25.6 Å². The van der Waals surface area contributed by atoms with Crippen molar-refractivity contribution in [3.8, 4) is 5.75 Å². The first-order valence-corrected chi connectivity index (χ1v) is 4.75. The highest BCUT2D eigenvalue weighted by Crippen LogP contribution is 2.11. The molecule has 85 valence electrons. The van der Waals surface area contributed by atoms with E-state index < -0.39 is 6.09 Å². The molecule has 5 nitrogen and oxygen atoms in total. The van der Waals surface area contributed by atoms with E-state index in [0.717, 1.165) is 0 Å². The van der Waals surface area contributed by atoms with Crippen molar-refractivity contribution >= 4 is 11.9 Å². The lowest BCUT2D eigenvalue weighted by atomic mass is 10.2. The Kier molecular flexibility index (Phi) is 4.32. The molecule has 0 heterocycles. The average molecular weight is 221 g/mol. The molecular formula is C11H13N2O3. The van der Waals surface area contributed by atoms with Crippen molar-refractivity contribution < 1.29 is 14.3 Å². The van der Waals surface area contributed by atoms with Crippen LogP contribution in [0.1, 0.15) is 12.5 Å². The van der Waals surface area contributed by atoms with Crippen LogP contribution in [0.25, 0.3) is 0 Å². The first-order valence-electron chi connectivity index (χ1n) is 4.75. The number of amidine groups is 1. The molecule has 0 fully saturated rings. The van der Waals surface area contributed by atoms with Gasteiger partial charge in [0, 0.05) is 11.6 Å². The van der Waals surface area contributed by atoms with Crippen LogP contribution >= 0.6 is 0 Å². The maximum atomic E-state index is 11.1. The van der Waals surface area contributed by atoms with E-state index in [1.165, 1.54) is 7.11 Å². The molecule has 0 atom stereocenters. The Hall–Kier alpha value is -2.04. The van der Waals surface area contributed by atoms with Gasteiger partial charge < -0.3 is 9.47 Å². The molecule has 1 aromatic rings. The summed E-state index contributed by atoms with van der Waals surface area (Å²) in [4.78, 5) is 11.1. The molecule has 0 bridgehead atoms. The fourth-order valence-electron chi connectivity index (χ4n) is 1.06. The molecule has 0 aromatic heterocycles. The third-order valence-corrected chi connectivity index (χ3v) is 1.79. The zero-order valence-corrected chi connectivity index (χ0v) is 9.16. The zero-order chi connectivity index (χ0) is 12.0. The molecule has 0 unspecified atom stereocenters. The van der Waals surface area contributed by atoms with E-state index >= 15 is 0 Å². The molecule has 1 amide bonds. The molecule has 0 aliphatic heterocycles. The first kappa shape index (κ1) is 12.0. The van der Waals surface area contributed by atoms with Gasteiger partial charge in [-0.25, -0.2) is 4.79 Å². The molecule has 0 aliphatic rings. The van der Waals surface area contributed by atoms with Crippen LogP contribution in [0.5, 0.6) is 5.75 Å². The highest BCUT2D eigenvalue weighted by molar-refractivity contribution is 6.04. The zero-order valence-electron chi connectivity index (χ0n) is 9.16. The Morgan fingerprint density at radius 2 is 2.38 bits per heavy atom. The second kappa shape index (κ2) is 5.75. The Morgan fingerprint density at radius 3 is 3.00 bits per heavy atom. The standard InChI is InChI=1S/C11H13N2O3/c1-3-16-11(14)13-10(12)8-5-4-6-9(7-8)15-2/h4-5,7H,3H2,1-2H3,(H2,12,13,14). The Balaban J connectivity index is 2.69. The fraction of sp³-hybridized carbons (Fsp3) is 0.273. The van der Waals surface area contributed by atoms with Crippen molar-refractivity contribution in [1.29, 1.82) is 5.41 Å². The predicted octanol–water partition coefficient (Wildman–Crippen LogP) is 1.57. The lowest BCUT2D eigenvalue weighted by Crippen LogP contribution is -2.31. The highest BCUT2D eigenvalue weighted by atomic mass is 16.5. The van der Waals surface area contributed by atoms with Gasteiger partial charge in [0.15, 0.2) is 0 Å². The summed E-state index contributed by atoms with van der Waals surface area (Å²) >= 11 is 0. The molecule has 0 saturated heterocycles. The summed E-state index contributed by atoms with van der Waals surface area (Å²) in [6.07, 6.45) is -0.640. The van der Waals surface area contributed by atoms with Crippen LogP contribution in [0.2, 0.25) is 0 Å². The normalized spacial score (nSPS) is 9.38. The number of methoxy groups -OCH3 is 1. The molecule has 1 radical (unpaired) electrons. The third kappa shape index (κ3) is 3.27. The minimum absolute atomic E-state index is 0.0363. The Morgan fingerprint density at radius 1 is 1.62 bits per heavy atom. The molecule has 1 aromatic carbocycles. The molecule has 1 rings (SSSR count). The summed E-state index contributed by atoms with van der Waals surface area (Å²) in [5.41, 5.74) is 0.531. The van der Waals surface area contributed by atoms with E-state index in [4.69, 9.17) is 10.1 Å². The number of hydrogen-bond donors (Lipinski definition) is 2. The molecule has 2 N–H and O–H groups in total. The Bertz CT molecular complexity index is 391. The van der Waals surface area contributed by atoms with Crippen molar-refractivity contribution in [3.05, 3.63) is 29.8 Å². The van der Waals surface area contributed by atoms with Crippen molar-refractivity contribution in [2.24, 2.45) is 0 Å². The first-order chi connectivity index (χ1) is 7.67. The maximum Gasteiger partial charge on any atom is 0.412 e. The van der Waals surface area contributed by atoms with Crippen LogP contribution in [-0.2, 0) is 4.74 Å². The summed E-state index contributed by atoms with van der Waals surface area (Å²) < 4.78 is 9.62. The van der Waals surface area contributed by atoms with Crippen molar-refractivity contribution in [1.82, 2.24) is 5.32 Å². The summed E-state index contributed by atoms with van der Waals surface area (Å²) in [5.74, 6) is 0.471. The molecule has 0 saturated carbocycles. The van der Waals surface area contributed by atoms with E-state index in [-0.39, 0.29) is 12.4 Å². The summed E-state index contributed by atoms with van der Waals surface area (Å²) in [6.45, 7) is 1.97. The molecule has 0 spiro atoms. The number of rotatable bonds is 3. The maximum absolute atomic E-state index is 11.1. The fourth-order valence-corrected chi connectivity index (χ4v) is 1.06. The Labute approximate surface area is 93.9 Å². The van der Waals surface area contributed by atoms with Gasteiger partial charge in [0.05, 0.1) is 13.7 Å². The van der Waals surface area contributed by atoms with E-state index in [0.29, 0.717) is 11.3 Å². The lowest BCUT2D eigenvalue weighted by molar-refractivity contribution is 0.158. The second-order valence-corrected chi connectivity index (χ2v) is 2.87. The van der Waals surface area contributed by atoms with Crippen LogP contribution in [0.15, 0.2) is 18.2 Å². The van der Waals surface area contributed by atoms with E-state index in [2.05, 4.69) is 16.1 Å². The van der Waals surface area contributed by atoms with E-state index in [9.17, 15) is 4.79 Å². The van der Waals surface area contributed by atoms with Crippen molar-refractivity contribution in [2.45, 2.75) is 6.92 Å². The van der Waals surface area contributed by atoms with E-state index in [1.54, 1.807) is 25.1 Å². The number of ether oxygens (including phenoxy) is 2. The van der Waals surface area contributed by atoms with Gasteiger partial charge >= 0.3 is 6.09 Å². The van der Waals surface area contributed by atoms with Crippen LogP contribution in [0.4, 0.5) is 4.79 Å². The van der Waals surface area contributed by atoms with Gasteiger partial charge in [-0.2, -0.15) is 0 Å². The largest absolute Gasteiger partial charge is 0.496 e. The van der Waals surface area contributed by atoms with Crippen LogP contribution < -0.4 is 10.1 Å². The van der Waals surface area contributed by atoms with Gasteiger partial charge in [-0.1, -0.05) is 6.07 Å². The molecule has 0 aliphatic carbocycles. The molecule has 16 heavy (non-hydrogen) atoms. The third-order valence-electron chi connectivity index (χ3n) is 1.79. The van der Waals surface area contributed by atoms with Gasteiger partial charge in [0.25, 0.3) is 0 Å². The topological polar surface area (TPSA) is 71.4 Å². The highest BCUT2D eigenvalue weighted by Gasteiger charge is 2.07. The number of amides is 1. The van der Waals surface area contributed by atoms with E-state index in [1.807, 2.05) is 0 Å². The number of benzene rings is 1. The van der Waals surface area contributed by atoms with Crippen molar-refractivity contribution in [3.63, 3.8) is 0 Å². The predicted molar refractivity (Wildman–Crippen MR) is 58.8 cm³/mol. The molecule has 5 heteroatoms. The van der Waals surface area contributed by atoms with Gasteiger partial charge in [-0.3, -0.25) is 10.7 Å². The van der Waals surface area contributed by atoms with Gasteiger partial charge in [0.1, 0.15) is 11.6 Å². The van der Waals surface area contributed by atoms with Crippen molar-refractivity contribution in [2.75, 3.05) is 13.7 Å². The molecular weight excluding hydrogens is 208 g/mol.